The number of fused-ring (bicyclic) bond motifs is 1. The van der Waals surface area contributed by atoms with Crippen LogP contribution in [-0.4, -0.2) is 36.6 Å². The number of rotatable bonds is 6. The van der Waals surface area contributed by atoms with Crippen molar-refractivity contribution in [3.63, 3.8) is 0 Å². The van der Waals surface area contributed by atoms with Gasteiger partial charge in [0.2, 0.25) is 0 Å². The first-order valence-electron chi connectivity index (χ1n) is 9.31. The monoisotopic (exact) mass is 410 g/mol. The van der Waals surface area contributed by atoms with Crippen molar-refractivity contribution in [1.29, 1.82) is 0 Å². The average molecular weight is 410 g/mol. The molecule has 0 saturated carbocycles. The number of methoxy groups -OCH3 is 2. The fourth-order valence-corrected chi connectivity index (χ4v) is 3.94. The van der Waals surface area contributed by atoms with Gasteiger partial charge in [0.05, 0.1) is 25.4 Å². The van der Waals surface area contributed by atoms with E-state index >= 15 is 0 Å². The van der Waals surface area contributed by atoms with E-state index in [0.29, 0.717) is 36.8 Å². The van der Waals surface area contributed by atoms with E-state index in [0.717, 1.165) is 23.4 Å². The molecule has 0 fully saturated rings. The number of benzene rings is 2. The van der Waals surface area contributed by atoms with Crippen molar-refractivity contribution in [3.05, 3.63) is 69.7 Å². The van der Waals surface area contributed by atoms with Crippen molar-refractivity contribution in [2.24, 2.45) is 0 Å². The van der Waals surface area contributed by atoms with Crippen LogP contribution in [0.15, 0.2) is 47.3 Å². The van der Waals surface area contributed by atoms with Crippen LogP contribution in [0.2, 0.25) is 0 Å². The van der Waals surface area contributed by atoms with Gasteiger partial charge in [0.25, 0.3) is 5.91 Å². The second kappa shape index (κ2) is 8.53. The molecule has 29 heavy (non-hydrogen) atoms. The Bertz CT molecular complexity index is 1000. The highest BCUT2D eigenvalue weighted by molar-refractivity contribution is 7.07. The van der Waals surface area contributed by atoms with Crippen LogP contribution in [-0.2, 0) is 19.6 Å². The Morgan fingerprint density at radius 1 is 1.10 bits per heavy atom. The number of aromatic nitrogens is 1. The first kappa shape index (κ1) is 19.3. The Morgan fingerprint density at radius 2 is 2.00 bits per heavy atom. The number of carbonyl (C=O) groups excluding carboxylic acids is 1. The van der Waals surface area contributed by atoms with Gasteiger partial charge in [0.1, 0.15) is 12.4 Å². The molecule has 1 aromatic heterocycles. The highest BCUT2D eigenvalue weighted by atomic mass is 32.1. The van der Waals surface area contributed by atoms with Gasteiger partial charge in [0.15, 0.2) is 11.5 Å². The summed E-state index contributed by atoms with van der Waals surface area (Å²) in [6.07, 6.45) is 0.830. The minimum Gasteiger partial charge on any atom is -0.497 e. The molecular formula is C22H22N2O4S. The molecule has 1 amide bonds. The van der Waals surface area contributed by atoms with Crippen LogP contribution in [0, 0.1) is 0 Å². The molecular weight excluding hydrogens is 388 g/mol. The van der Waals surface area contributed by atoms with E-state index in [1.807, 2.05) is 22.4 Å². The zero-order valence-corrected chi connectivity index (χ0v) is 17.2. The second-order valence-electron chi connectivity index (χ2n) is 6.75. The number of thiazole rings is 1. The maximum atomic E-state index is 13.1. The topological polar surface area (TPSA) is 60.9 Å². The quantitative estimate of drug-likeness (QED) is 0.616. The number of nitrogens with zero attached hydrogens (tertiary/aromatic N) is 2. The van der Waals surface area contributed by atoms with E-state index in [2.05, 4.69) is 11.1 Å². The number of amides is 1. The average Bonchev–Trinajstić information content (AvgIpc) is 3.30. The third kappa shape index (κ3) is 4.19. The molecule has 0 N–H and O–H groups in total. The van der Waals surface area contributed by atoms with Crippen LogP contribution < -0.4 is 14.2 Å². The van der Waals surface area contributed by atoms with Gasteiger partial charge in [-0.2, -0.15) is 0 Å². The van der Waals surface area contributed by atoms with E-state index in [9.17, 15) is 4.79 Å². The zero-order chi connectivity index (χ0) is 20.2. The lowest BCUT2D eigenvalue weighted by Crippen LogP contribution is -2.35. The molecule has 0 bridgehead atoms. The van der Waals surface area contributed by atoms with E-state index in [1.54, 1.807) is 37.9 Å². The molecule has 0 saturated heterocycles. The predicted molar refractivity (Wildman–Crippen MR) is 111 cm³/mol. The molecule has 150 valence electrons. The van der Waals surface area contributed by atoms with Gasteiger partial charge in [-0.05, 0) is 47.9 Å². The summed E-state index contributed by atoms with van der Waals surface area (Å²) in [5, 5.41) is 1.94. The lowest BCUT2D eigenvalue weighted by Gasteiger charge is -2.29. The predicted octanol–water partition coefficient (Wildman–Crippen LogP) is 3.94. The Balaban J connectivity index is 1.49. The molecule has 1 aliphatic rings. The summed E-state index contributed by atoms with van der Waals surface area (Å²) in [5.41, 5.74) is 5.59. The molecule has 2 heterocycles. The standard InChI is InChI=1S/C22H22N2O4S/c1-26-19-5-3-15-7-8-24(11-17(15)9-19)22(25)16-4-6-20(21(10-16)27-2)28-12-18-13-29-14-23-18/h3-6,9-10,13-14H,7-8,11-12H2,1-2H3. The minimum absolute atomic E-state index is 0.0252. The highest BCUT2D eigenvalue weighted by Gasteiger charge is 2.23. The maximum Gasteiger partial charge on any atom is 0.254 e. The smallest absolute Gasteiger partial charge is 0.254 e. The fourth-order valence-electron chi connectivity index (χ4n) is 3.40. The highest BCUT2D eigenvalue weighted by Crippen LogP contribution is 2.30. The van der Waals surface area contributed by atoms with Crippen LogP contribution in [0.5, 0.6) is 17.2 Å². The number of hydrogen-bond acceptors (Lipinski definition) is 6. The van der Waals surface area contributed by atoms with Crippen LogP contribution in [0.25, 0.3) is 0 Å². The Hall–Kier alpha value is -3.06. The third-order valence-electron chi connectivity index (χ3n) is 4.98. The molecule has 2 aromatic carbocycles. The molecule has 6 nitrogen and oxygen atoms in total. The molecule has 0 aliphatic carbocycles. The van der Waals surface area contributed by atoms with Gasteiger partial charge in [-0.1, -0.05) is 6.07 Å². The maximum absolute atomic E-state index is 13.1. The van der Waals surface area contributed by atoms with Crippen LogP contribution in [0.3, 0.4) is 0 Å². The summed E-state index contributed by atoms with van der Waals surface area (Å²) in [7, 11) is 3.22. The summed E-state index contributed by atoms with van der Waals surface area (Å²) >= 11 is 1.52. The summed E-state index contributed by atoms with van der Waals surface area (Å²) in [5.74, 6) is 1.90. The molecule has 3 aromatic rings. The van der Waals surface area contributed by atoms with E-state index in [1.165, 1.54) is 16.9 Å². The fraction of sp³-hybridized carbons (Fsp3) is 0.273. The molecule has 0 radical (unpaired) electrons. The van der Waals surface area contributed by atoms with Gasteiger partial charge < -0.3 is 19.1 Å². The Labute approximate surface area is 173 Å². The lowest BCUT2D eigenvalue weighted by atomic mass is 9.98. The molecule has 1 aliphatic heterocycles. The van der Waals surface area contributed by atoms with E-state index in [-0.39, 0.29) is 5.91 Å². The molecule has 7 heteroatoms. The molecule has 0 atom stereocenters. The zero-order valence-electron chi connectivity index (χ0n) is 16.4. The van der Waals surface area contributed by atoms with Crippen molar-refractivity contribution < 1.29 is 19.0 Å². The normalized spacial score (nSPS) is 13.0. The minimum atomic E-state index is -0.0252. The van der Waals surface area contributed by atoms with E-state index in [4.69, 9.17) is 14.2 Å². The van der Waals surface area contributed by atoms with E-state index < -0.39 is 0 Å². The van der Waals surface area contributed by atoms with Crippen molar-refractivity contribution in [1.82, 2.24) is 9.88 Å². The van der Waals surface area contributed by atoms with Gasteiger partial charge >= 0.3 is 0 Å². The number of carbonyl (C=O) groups is 1. The SMILES string of the molecule is COc1ccc2c(c1)CN(C(=O)c1ccc(OCc3cscn3)c(OC)c1)CC2. The van der Waals surface area contributed by atoms with Gasteiger partial charge in [-0.25, -0.2) is 4.98 Å². The molecule has 0 unspecified atom stereocenters. The van der Waals surface area contributed by atoms with Crippen molar-refractivity contribution in [2.75, 3.05) is 20.8 Å². The first-order valence-corrected chi connectivity index (χ1v) is 10.2. The van der Waals surface area contributed by atoms with Crippen LogP contribution >= 0.6 is 11.3 Å². The van der Waals surface area contributed by atoms with Crippen molar-refractivity contribution in [2.45, 2.75) is 19.6 Å². The van der Waals surface area contributed by atoms with Gasteiger partial charge in [-0.3, -0.25) is 4.79 Å². The van der Waals surface area contributed by atoms with Gasteiger partial charge in [-0.15, -0.1) is 11.3 Å². The summed E-state index contributed by atoms with van der Waals surface area (Å²) < 4.78 is 16.6. The Kier molecular flexibility index (Phi) is 5.67. The van der Waals surface area contributed by atoms with Crippen LogP contribution in [0.4, 0.5) is 0 Å². The molecule has 4 rings (SSSR count). The lowest BCUT2D eigenvalue weighted by molar-refractivity contribution is 0.0734. The third-order valence-corrected chi connectivity index (χ3v) is 5.62. The van der Waals surface area contributed by atoms with Gasteiger partial charge in [0, 0.05) is 24.0 Å². The summed E-state index contributed by atoms with van der Waals surface area (Å²) in [6, 6.07) is 11.3. The number of hydrogen-bond donors (Lipinski definition) is 0. The second-order valence-corrected chi connectivity index (χ2v) is 7.46. The molecule has 0 spiro atoms. The summed E-state index contributed by atoms with van der Waals surface area (Å²) in [6.45, 7) is 1.61. The number of ether oxygens (including phenoxy) is 3. The van der Waals surface area contributed by atoms with Crippen molar-refractivity contribution in [3.8, 4) is 17.2 Å². The Morgan fingerprint density at radius 3 is 2.76 bits per heavy atom. The summed E-state index contributed by atoms with van der Waals surface area (Å²) in [4.78, 5) is 19.1. The first-order chi connectivity index (χ1) is 14.2. The van der Waals surface area contributed by atoms with Crippen molar-refractivity contribution >= 4 is 17.2 Å². The largest absolute Gasteiger partial charge is 0.497 e. The van der Waals surface area contributed by atoms with Crippen LogP contribution in [0.1, 0.15) is 27.2 Å².